The molecule has 1 fully saturated rings. The quantitative estimate of drug-likeness (QED) is 0.364. The van der Waals surface area contributed by atoms with Gasteiger partial charge in [-0.2, -0.15) is 16.9 Å². The normalized spacial score (nSPS) is 15.6. The fourth-order valence-electron chi connectivity index (χ4n) is 4.86. The van der Waals surface area contributed by atoms with Crippen LogP contribution < -0.4 is 5.73 Å². The molecule has 2 amide bonds. The van der Waals surface area contributed by atoms with Gasteiger partial charge in [-0.3, -0.25) is 0 Å². The molecule has 11 heteroatoms. The third-order valence-corrected chi connectivity index (χ3v) is 7.83. The molecular formula is C29H37F3N6OS. The molecule has 0 aliphatic carbocycles. The lowest BCUT2D eigenvalue weighted by Gasteiger charge is -2.42. The molecule has 7 nitrogen and oxygen atoms in total. The molecule has 2 unspecified atom stereocenters. The first-order valence-electron chi connectivity index (χ1n) is 13.5. The van der Waals surface area contributed by atoms with Gasteiger partial charge in [0.2, 0.25) is 0 Å². The van der Waals surface area contributed by atoms with E-state index in [1.807, 2.05) is 51.1 Å². The number of hydrogen-bond acceptors (Lipinski definition) is 5. The molecule has 1 aliphatic rings. The second-order valence-electron chi connectivity index (χ2n) is 11.1. The summed E-state index contributed by atoms with van der Waals surface area (Å²) >= 11 is 1.79. The third-order valence-electron chi connectivity index (χ3n) is 6.89. The molecule has 0 radical (unpaired) electrons. The van der Waals surface area contributed by atoms with Crippen molar-refractivity contribution in [1.82, 2.24) is 24.6 Å². The van der Waals surface area contributed by atoms with Gasteiger partial charge in [-0.15, -0.1) is 0 Å². The molecule has 3 aromatic rings. The zero-order valence-electron chi connectivity index (χ0n) is 23.2. The van der Waals surface area contributed by atoms with Crippen molar-refractivity contribution in [3.8, 4) is 11.4 Å². The van der Waals surface area contributed by atoms with E-state index in [1.54, 1.807) is 26.2 Å². The topological polar surface area (TPSA) is 80.3 Å². The number of rotatable bonds is 9. The number of hydrogen-bond donors (Lipinski definition) is 1. The molecule has 40 heavy (non-hydrogen) atoms. The van der Waals surface area contributed by atoms with Crippen LogP contribution in [0.2, 0.25) is 0 Å². The van der Waals surface area contributed by atoms with Crippen LogP contribution in [0.5, 0.6) is 0 Å². The Labute approximate surface area is 237 Å². The summed E-state index contributed by atoms with van der Waals surface area (Å²) in [5, 5.41) is 4.64. The molecule has 2 atom stereocenters. The average Bonchev–Trinajstić information content (AvgIpc) is 3.34. The SMILES string of the molecule is CC(C)(C)C(c1nc(-c2cc(F)ccc2F)nn1Cc1ccccc1)N(CCC(N)CF)C(=O)N1CCSCC1. The summed E-state index contributed by atoms with van der Waals surface area (Å²) in [5.41, 5.74) is 6.26. The smallest absolute Gasteiger partial charge is 0.320 e. The average molecular weight is 575 g/mol. The van der Waals surface area contributed by atoms with E-state index in [9.17, 15) is 18.0 Å². The van der Waals surface area contributed by atoms with Gasteiger partial charge < -0.3 is 15.5 Å². The maximum atomic E-state index is 14.9. The van der Waals surface area contributed by atoms with Crippen molar-refractivity contribution in [2.45, 2.75) is 45.8 Å². The first-order valence-corrected chi connectivity index (χ1v) is 14.6. The highest BCUT2D eigenvalue weighted by Crippen LogP contribution is 2.39. The molecular weight excluding hydrogens is 537 g/mol. The van der Waals surface area contributed by atoms with E-state index in [1.165, 1.54) is 0 Å². The van der Waals surface area contributed by atoms with Crippen molar-refractivity contribution in [2.75, 3.05) is 37.8 Å². The number of aromatic nitrogens is 3. The number of benzene rings is 2. The van der Waals surface area contributed by atoms with Crippen molar-refractivity contribution in [3.05, 3.63) is 71.6 Å². The minimum Gasteiger partial charge on any atom is -0.325 e. The number of halogens is 3. The zero-order valence-corrected chi connectivity index (χ0v) is 24.0. The number of carbonyl (C=O) groups is 1. The van der Waals surface area contributed by atoms with Gasteiger partial charge in [-0.25, -0.2) is 27.6 Å². The predicted molar refractivity (Wildman–Crippen MR) is 153 cm³/mol. The van der Waals surface area contributed by atoms with Crippen molar-refractivity contribution < 1.29 is 18.0 Å². The molecule has 0 bridgehead atoms. The summed E-state index contributed by atoms with van der Waals surface area (Å²) < 4.78 is 44.1. The predicted octanol–water partition coefficient (Wildman–Crippen LogP) is 5.52. The van der Waals surface area contributed by atoms with E-state index in [0.29, 0.717) is 25.5 Å². The van der Waals surface area contributed by atoms with Gasteiger partial charge in [0.15, 0.2) is 11.6 Å². The Hall–Kier alpha value is -3.05. The minimum atomic E-state index is -0.716. The first-order chi connectivity index (χ1) is 19.1. The molecule has 2 heterocycles. The summed E-state index contributed by atoms with van der Waals surface area (Å²) in [6.07, 6.45) is 0.260. The number of thioether (sulfide) groups is 1. The van der Waals surface area contributed by atoms with E-state index in [4.69, 9.17) is 10.7 Å². The molecule has 2 N–H and O–H groups in total. The van der Waals surface area contributed by atoms with Gasteiger partial charge in [0.1, 0.15) is 18.3 Å². The second kappa shape index (κ2) is 13.1. The van der Waals surface area contributed by atoms with E-state index >= 15 is 0 Å². The van der Waals surface area contributed by atoms with E-state index in [-0.39, 0.29) is 30.4 Å². The highest BCUT2D eigenvalue weighted by molar-refractivity contribution is 7.99. The van der Waals surface area contributed by atoms with E-state index in [0.717, 1.165) is 35.3 Å². The molecule has 2 aromatic carbocycles. The lowest BCUT2D eigenvalue weighted by Crippen LogP contribution is -2.52. The summed E-state index contributed by atoms with van der Waals surface area (Å²) in [5.74, 6) is 0.867. The van der Waals surface area contributed by atoms with Crippen LogP contribution in [-0.2, 0) is 6.54 Å². The van der Waals surface area contributed by atoms with Crippen LogP contribution >= 0.6 is 11.8 Å². The van der Waals surface area contributed by atoms with Gasteiger partial charge >= 0.3 is 6.03 Å². The number of nitrogens with zero attached hydrogens (tertiary/aromatic N) is 5. The Morgan fingerprint density at radius 2 is 1.82 bits per heavy atom. The Morgan fingerprint density at radius 1 is 1.12 bits per heavy atom. The Bertz CT molecular complexity index is 1280. The third kappa shape index (κ3) is 7.17. The summed E-state index contributed by atoms with van der Waals surface area (Å²) in [7, 11) is 0. The van der Waals surface area contributed by atoms with Gasteiger partial charge in [0, 0.05) is 37.2 Å². The van der Waals surface area contributed by atoms with Crippen LogP contribution in [0.3, 0.4) is 0 Å². The number of carbonyl (C=O) groups excluding carboxylic acids is 1. The molecule has 0 saturated carbocycles. The first kappa shape index (κ1) is 29.9. The lowest BCUT2D eigenvalue weighted by atomic mass is 9.84. The molecule has 1 aromatic heterocycles. The number of urea groups is 1. The summed E-state index contributed by atoms with van der Waals surface area (Å²) in [4.78, 5) is 22.3. The van der Waals surface area contributed by atoms with Gasteiger partial charge in [-0.1, -0.05) is 51.1 Å². The largest absolute Gasteiger partial charge is 0.325 e. The van der Waals surface area contributed by atoms with Crippen molar-refractivity contribution in [1.29, 1.82) is 0 Å². The molecule has 4 rings (SSSR count). The van der Waals surface area contributed by atoms with Gasteiger partial charge in [0.05, 0.1) is 18.2 Å². The van der Waals surface area contributed by atoms with Gasteiger partial charge in [-0.05, 0) is 35.6 Å². The molecule has 216 valence electrons. The van der Waals surface area contributed by atoms with E-state index in [2.05, 4.69) is 5.10 Å². The number of alkyl halides is 1. The Balaban J connectivity index is 1.85. The molecule has 1 aliphatic heterocycles. The zero-order chi connectivity index (χ0) is 28.9. The minimum absolute atomic E-state index is 0.0272. The fourth-order valence-corrected chi connectivity index (χ4v) is 5.76. The maximum Gasteiger partial charge on any atom is 0.320 e. The number of nitrogens with two attached hydrogens (primary N) is 1. The van der Waals surface area contributed by atoms with Crippen molar-refractivity contribution in [2.24, 2.45) is 11.1 Å². The van der Waals surface area contributed by atoms with Crippen LogP contribution in [0.1, 0.15) is 44.6 Å². The van der Waals surface area contributed by atoms with Crippen LogP contribution in [0.15, 0.2) is 48.5 Å². The standard InChI is InChI=1S/C29H37F3N6OS/c1-29(2,3)25(37(12-11-22(33)18-30)28(39)36-13-15-40-16-14-36)27-34-26(23-17-21(31)9-10-24(23)32)35-38(27)19-20-7-5-4-6-8-20/h4-10,17,22,25H,11-16,18-19,33H2,1-3H3. The monoisotopic (exact) mass is 574 g/mol. The van der Waals surface area contributed by atoms with Crippen molar-refractivity contribution >= 4 is 17.8 Å². The van der Waals surface area contributed by atoms with Crippen LogP contribution in [0.4, 0.5) is 18.0 Å². The Morgan fingerprint density at radius 3 is 2.48 bits per heavy atom. The van der Waals surface area contributed by atoms with Crippen LogP contribution in [-0.4, -0.2) is 74.5 Å². The van der Waals surface area contributed by atoms with Crippen LogP contribution in [0, 0.1) is 17.0 Å². The number of amides is 2. The Kier molecular flexibility index (Phi) is 9.78. The highest BCUT2D eigenvalue weighted by Gasteiger charge is 2.40. The molecule has 1 saturated heterocycles. The maximum absolute atomic E-state index is 14.9. The molecule has 0 spiro atoms. The summed E-state index contributed by atoms with van der Waals surface area (Å²) in [6.45, 7) is 6.98. The highest BCUT2D eigenvalue weighted by atomic mass is 32.2. The van der Waals surface area contributed by atoms with E-state index < -0.39 is 35.8 Å². The van der Waals surface area contributed by atoms with Gasteiger partial charge in [0.25, 0.3) is 0 Å². The van der Waals surface area contributed by atoms with Crippen LogP contribution in [0.25, 0.3) is 11.4 Å². The van der Waals surface area contributed by atoms with Crippen molar-refractivity contribution in [3.63, 3.8) is 0 Å². The lowest BCUT2D eigenvalue weighted by molar-refractivity contribution is 0.0823. The second-order valence-corrected chi connectivity index (χ2v) is 12.3. The fraction of sp³-hybridized carbons (Fsp3) is 0.483. The summed E-state index contributed by atoms with van der Waals surface area (Å²) in [6, 6.07) is 11.2.